The van der Waals surface area contributed by atoms with Crippen LogP contribution in [0.3, 0.4) is 0 Å². The first-order valence-electron chi connectivity index (χ1n) is 4.45. The van der Waals surface area contributed by atoms with Crippen LogP contribution in [0, 0.1) is 0 Å². The lowest BCUT2D eigenvalue weighted by Crippen LogP contribution is -2.14. The maximum atomic E-state index is 11.5. The van der Waals surface area contributed by atoms with Crippen molar-refractivity contribution in [3.05, 3.63) is 46.4 Å². The Labute approximate surface area is 85.4 Å². The lowest BCUT2D eigenvalue weighted by Gasteiger charge is -2.06. The fourth-order valence-corrected chi connectivity index (χ4v) is 1.59. The molecular weight excluding hydrogens is 194 g/mol. The average molecular weight is 203 g/mol. The monoisotopic (exact) mass is 203 g/mol. The zero-order chi connectivity index (χ0) is 11.0. The highest BCUT2D eigenvalue weighted by molar-refractivity contribution is 6.03. The number of fused-ring (bicyclic) bond motifs is 1. The molecule has 0 aliphatic carbocycles. The second-order valence-electron chi connectivity index (χ2n) is 3.25. The molecule has 2 heterocycles. The van der Waals surface area contributed by atoms with Crippen LogP contribution < -0.4 is 5.56 Å². The van der Waals surface area contributed by atoms with E-state index in [-0.39, 0.29) is 22.7 Å². The quantitative estimate of drug-likeness (QED) is 0.708. The number of aromatic hydroxyl groups is 1. The van der Waals surface area contributed by atoms with E-state index >= 15 is 0 Å². The van der Waals surface area contributed by atoms with Gasteiger partial charge in [0.25, 0.3) is 5.56 Å². The zero-order valence-electron chi connectivity index (χ0n) is 8.10. The predicted molar refractivity (Wildman–Crippen MR) is 55.3 cm³/mol. The third kappa shape index (κ3) is 1.40. The van der Waals surface area contributed by atoms with Gasteiger partial charge in [-0.1, -0.05) is 6.07 Å². The highest BCUT2D eigenvalue weighted by Crippen LogP contribution is 2.19. The number of hydrogen-bond donors (Lipinski definition) is 1. The Kier molecular flexibility index (Phi) is 2.04. The summed E-state index contributed by atoms with van der Waals surface area (Å²) in [4.78, 5) is 22.8. The number of Topliss-reactive ketones (excluding diaryl/α,β-unsaturated/α-hetero) is 1. The zero-order valence-corrected chi connectivity index (χ0v) is 8.10. The maximum Gasteiger partial charge on any atom is 0.258 e. The number of aromatic nitrogens is 1. The lowest BCUT2D eigenvalue weighted by atomic mass is 10.1. The predicted octanol–water partition coefficient (Wildman–Crippen LogP) is 1.21. The standard InChI is InChI=1S/C11H9NO3/c1-7(13)11-8-4-2-3-5-12(8)10(15)6-9(11)14/h2-6,14H,1H3. The van der Waals surface area contributed by atoms with Gasteiger partial charge in [0.05, 0.1) is 11.1 Å². The minimum absolute atomic E-state index is 0.176. The van der Waals surface area contributed by atoms with Gasteiger partial charge in [-0.25, -0.2) is 0 Å². The molecule has 0 spiro atoms. The molecule has 0 unspecified atom stereocenters. The fourth-order valence-electron chi connectivity index (χ4n) is 1.59. The molecule has 0 radical (unpaired) electrons. The van der Waals surface area contributed by atoms with Gasteiger partial charge in [0.2, 0.25) is 0 Å². The van der Waals surface area contributed by atoms with Crippen molar-refractivity contribution in [2.75, 3.05) is 0 Å². The van der Waals surface area contributed by atoms with Crippen molar-refractivity contribution in [2.45, 2.75) is 6.92 Å². The van der Waals surface area contributed by atoms with Crippen molar-refractivity contribution < 1.29 is 9.90 Å². The summed E-state index contributed by atoms with van der Waals surface area (Å²) >= 11 is 0. The van der Waals surface area contributed by atoms with E-state index in [9.17, 15) is 14.7 Å². The van der Waals surface area contributed by atoms with Gasteiger partial charge in [-0.05, 0) is 19.1 Å². The molecule has 76 valence electrons. The molecule has 4 heteroatoms. The molecule has 0 aliphatic heterocycles. The van der Waals surface area contributed by atoms with Crippen molar-refractivity contribution in [3.63, 3.8) is 0 Å². The Hall–Kier alpha value is -2.10. The van der Waals surface area contributed by atoms with Crippen LogP contribution in [0.5, 0.6) is 5.75 Å². The first-order valence-corrected chi connectivity index (χ1v) is 4.45. The molecule has 0 aromatic carbocycles. The van der Waals surface area contributed by atoms with Crippen LogP contribution in [0.15, 0.2) is 35.3 Å². The molecule has 0 amide bonds. The Morgan fingerprint density at radius 1 is 1.40 bits per heavy atom. The van der Waals surface area contributed by atoms with Gasteiger partial charge in [0.1, 0.15) is 5.75 Å². The van der Waals surface area contributed by atoms with Gasteiger partial charge in [0.15, 0.2) is 5.78 Å². The van der Waals surface area contributed by atoms with E-state index in [0.29, 0.717) is 5.52 Å². The second-order valence-corrected chi connectivity index (χ2v) is 3.25. The summed E-state index contributed by atoms with van der Waals surface area (Å²) in [6, 6.07) is 6.07. The Morgan fingerprint density at radius 2 is 2.13 bits per heavy atom. The van der Waals surface area contributed by atoms with Crippen LogP contribution in [0.2, 0.25) is 0 Å². The minimum atomic E-state index is -0.354. The minimum Gasteiger partial charge on any atom is -0.507 e. The van der Waals surface area contributed by atoms with E-state index in [0.717, 1.165) is 6.07 Å². The van der Waals surface area contributed by atoms with E-state index in [1.807, 2.05) is 0 Å². The number of carbonyl (C=O) groups excluding carboxylic acids is 1. The molecule has 2 aromatic heterocycles. The van der Waals surface area contributed by atoms with Crippen LogP contribution in [0.4, 0.5) is 0 Å². The van der Waals surface area contributed by atoms with Gasteiger partial charge in [-0.15, -0.1) is 0 Å². The summed E-state index contributed by atoms with van der Waals surface area (Å²) in [7, 11) is 0. The molecule has 4 nitrogen and oxygen atoms in total. The van der Waals surface area contributed by atoms with Crippen molar-refractivity contribution in [1.82, 2.24) is 4.40 Å². The normalized spacial score (nSPS) is 10.5. The van der Waals surface area contributed by atoms with Crippen molar-refractivity contribution in [1.29, 1.82) is 0 Å². The number of rotatable bonds is 1. The highest BCUT2D eigenvalue weighted by Gasteiger charge is 2.12. The molecule has 15 heavy (non-hydrogen) atoms. The smallest absolute Gasteiger partial charge is 0.258 e. The molecule has 0 fully saturated rings. The van der Waals surface area contributed by atoms with E-state index < -0.39 is 0 Å². The van der Waals surface area contributed by atoms with Gasteiger partial charge in [0, 0.05) is 12.3 Å². The van der Waals surface area contributed by atoms with Crippen molar-refractivity contribution >= 4 is 11.3 Å². The molecule has 0 aliphatic rings. The third-order valence-electron chi connectivity index (χ3n) is 2.22. The summed E-state index contributed by atoms with van der Waals surface area (Å²) in [5.41, 5.74) is 0.248. The second kappa shape index (κ2) is 3.24. The van der Waals surface area contributed by atoms with Gasteiger partial charge < -0.3 is 5.11 Å². The highest BCUT2D eigenvalue weighted by atomic mass is 16.3. The van der Waals surface area contributed by atoms with Crippen molar-refractivity contribution in [2.24, 2.45) is 0 Å². The molecule has 2 aromatic rings. The third-order valence-corrected chi connectivity index (χ3v) is 2.22. The fraction of sp³-hybridized carbons (Fsp3) is 0.0909. The summed E-state index contributed by atoms with van der Waals surface area (Å²) in [5.74, 6) is -0.532. The summed E-state index contributed by atoms with van der Waals surface area (Å²) in [6.07, 6.45) is 1.56. The molecule has 0 atom stereocenters. The van der Waals surface area contributed by atoms with Crippen LogP contribution >= 0.6 is 0 Å². The first kappa shape index (κ1) is 9.45. The van der Waals surface area contributed by atoms with Gasteiger partial charge in [-0.3, -0.25) is 14.0 Å². The molecule has 0 bridgehead atoms. The van der Waals surface area contributed by atoms with E-state index in [2.05, 4.69) is 0 Å². The maximum absolute atomic E-state index is 11.5. The summed E-state index contributed by atoms with van der Waals surface area (Å²) in [5, 5.41) is 9.53. The topological polar surface area (TPSA) is 58.8 Å². The summed E-state index contributed by atoms with van der Waals surface area (Å²) in [6.45, 7) is 1.35. The van der Waals surface area contributed by atoms with Crippen molar-refractivity contribution in [3.8, 4) is 5.75 Å². The molecular formula is C11H9NO3. The van der Waals surface area contributed by atoms with Crippen LogP contribution in [0.1, 0.15) is 17.3 Å². The largest absolute Gasteiger partial charge is 0.507 e. The van der Waals surface area contributed by atoms with Gasteiger partial charge in [-0.2, -0.15) is 0 Å². The Bertz CT molecular complexity index is 598. The van der Waals surface area contributed by atoms with Crippen LogP contribution in [0.25, 0.3) is 5.52 Å². The Balaban J connectivity index is 3.03. The van der Waals surface area contributed by atoms with Crippen LogP contribution in [-0.4, -0.2) is 15.3 Å². The molecule has 1 N–H and O–H groups in total. The number of carbonyl (C=O) groups is 1. The van der Waals surface area contributed by atoms with E-state index in [1.165, 1.54) is 11.3 Å². The number of hydrogen-bond acceptors (Lipinski definition) is 3. The SMILES string of the molecule is CC(=O)c1c(O)cc(=O)n2ccccc12. The lowest BCUT2D eigenvalue weighted by molar-refractivity contribution is 0.101. The number of nitrogens with zero attached hydrogens (tertiary/aromatic N) is 1. The summed E-state index contributed by atoms with van der Waals surface area (Å²) < 4.78 is 1.33. The molecule has 2 rings (SSSR count). The first-order chi connectivity index (χ1) is 7.11. The molecule has 0 saturated carbocycles. The average Bonchev–Trinajstić information content (AvgIpc) is 2.17. The van der Waals surface area contributed by atoms with Gasteiger partial charge >= 0.3 is 0 Å². The molecule has 0 saturated heterocycles. The van der Waals surface area contributed by atoms with Crippen LogP contribution in [-0.2, 0) is 0 Å². The van der Waals surface area contributed by atoms with E-state index in [4.69, 9.17) is 0 Å². The van der Waals surface area contributed by atoms with E-state index in [1.54, 1.807) is 24.4 Å². The number of pyridine rings is 2. The number of ketones is 1. The Morgan fingerprint density at radius 3 is 2.80 bits per heavy atom.